The smallest absolute Gasteiger partial charge is 0.410 e. The van der Waals surface area contributed by atoms with Crippen molar-refractivity contribution in [2.75, 3.05) is 44.3 Å². The van der Waals surface area contributed by atoms with Crippen LogP contribution in [0.4, 0.5) is 19.8 Å². The quantitative estimate of drug-likeness (QED) is 0.213. The molecule has 0 saturated carbocycles. The van der Waals surface area contributed by atoms with Crippen molar-refractivity contribution < 1.29 is 28.2 Å². The molecule has 0 N–H and O–H groups in total. The first-order valence-electron chi connectivity index (χ1n) is 15.1. The molecule has 2 fully saturated rings. The molecule has 3 heterocycles. The topological polar surface area (TPSA) is 121 Å². The fourth-order valence-corrected chi connectivity index (χ4v) is 6.49. The normalized spacial score (nSPS) is 19.1. The van der Waals surface area contributed by atoms with Crippen LogP contribution >= 0.6 is 27.5 Å². The number of fused-ring (bicyclic) bond motifs is 1. The number of piperazine rings is 1. The molecule has 2 aliphatic heterocycles. The summed E-state index contributed by atoms with van der Waals surface area (Å²) < 4.78 is 32.8. The number of benzene rings is 1. The lowest BCUT2D eigenvalue weighted by molar-refractivity contribution is 0.0145. The summed E-state index contributed by atoms with van der Waals surface area (Å²) in [7, 11) is -1.35. The molecule has 4 rings (SSSR count). The third-order valence-electron chi connectivity index (χ3n) is 7.62. The lowest BCUT2D eigenvalue weighted by Crippen LogP contribution is -2.56. The Labute approximate surface area is 278 Å². The molecule has 2 aromatic rings. The van der Waals surface area contributed by atoms with Crippen molar-refractivity contribution >= 4 is 64.5 Å². The zero-order chi connectivity index (χ0) is 33.1. The number of hydrogen-bond donors (Lipinski definition) is 0. The maximum absolute atomic E-state index is 15.5. The van der Waals surface area contributed by atoms with Crippen molar-refractivity contribution in [2.45, 2.75) is 83.4 Å². The van der Waals surface area contributed by atoms with Gasteiger partial charge in [0.05, 0.1) is 40.7 Å². The lowest BCUT2D eigenvalue weighted by atomic mass is 10.1. The molecule has 2 saturated heterocycles. The van der Waals surface area contributed by atoms with Crippen molar-refractivity contribution in [2.24, 2.45) is 0 Å². The molecule has 45 heavy (non-hydrogen) atoms. The highest BCUT2D eigenvalue weighted by Gasteiger charge is 2.36. The van der Waals surface area contributed by atoms with Crippen LogP contribution in [-0.2, 0) is 9.47 Å². The number of anilines is 1. The Kier molecular flexibility index (Phi) is 11.1. The van der Waals surface area contributed by atoms with E-state index in [0.717, 1.165) is 18.9 Å². The van der Waals surface area contributed by atoms with Crippen LogP contribution in [0.3, 0.4) is 0 Å². The third kappa shape index (κ3) is 8.89. The van der Waals surface area contributed by atoms with E-state index in [2.05, 4.69) is 51.6 Å². The maximum Gasteiger partial charge on any atom is 0.410 e. The number of nitriles is 1. The highest BCUT2D eigenvalue weighted by molar-refractivity contribution is 9.10. The Morgan fingerprint density at radius 2 is 1.87 bits per heavy atom. The minimum atomic E-state index is -1.35. The van der Waals surface area contributed by atoms with Gasteiger partial charge in [0.2, 0.25) is 0 Å². The molecule has 11 nitrogen and oxygen atoms in total. The number of halogens is 3. The van der Waals surface area contributed by atoms with Gasteiger partial charge in [-0.25, -0.2) is 14.0 Å². The highest BCUT2D eigenvalue weighted by Crippen LogP contribution is 2.37. The maximum atomic E-state index is 15.5. The SMILES string of the molecule is CC(C)(C)OC(=O)N1CCN(c2nc(OC[C@@H]3CCCN3C(=O)OCC[Si](C)(C)C)nc3c(F)c(Br)c(Cl)cc23)C[C@@H]1CC#N. The van der Waals surface area contributed by atoms with Gasteiger partial charge in [-0.05, 0) is 61.7 Å². The van der Waals surface area contributed by atoms with Gasteiger partial charge in [0.1, 0.15) is 23.5 Å². The van der Waals surface area contributed by atoms with E-state index in [1.54, 1.807) is 36.6 Å². The number of carbonyl (C=O) groups is 2. The van der Waals surface area contributed by atoms with E-state index in [4.69, 9.17) is 25.8 Å². The number of carbonyl (C=O) groups excluding carboxylic acids is 2. The van der Waals surface area contributed by atoms with Crippen LogP contribution in [0.2, 0.25) is 30.7 Å². The number of hydrogen-bond acceptors (Lipinski definition) is 9. The zero-order valence-corrected chi connectivity index (χ0v) is 30.0. The molecular formula is C30H41BrClFN6O5Si. The molecule has 0 bridgehead atoms. The van der Waals surface area contributed by atoms with Crippen molar-refractivity contribution in [3.05, 3.63) is 21.4 Å². The van der Waals surface area contributed by atoms with E-state index in [1.807, 2.05) is 4.90 Å². The molecular weight excluding hydrogens is 687 g/mol. The monoisotopic (exact) mass is 726 g/mol. The number of aromatic nitrogens is 2. The van der Waals surface area contributed by atoms with Crippen molar-refractivity contribution in [1.29, 1.82) is 5.26 Å². The van der Waals surface area contributed by atoms with Crippen molar-refractivity contribution in [1.82, 2.24) is 19.8 Å². The second-order valence-electron chi connectivity index (χ2n) is 13.6. The van der Waals surface area contributed by atoms with Crippen LogP contribution in [-0.4, -0.2) is 97.1 Å². The average molecular weight is 728 g/mol. The van der Waals surface area contributed by atoms with Gasteiger partial charge in [0.25, 0.3) is 0 Å². The first kappa shape index (κ1) is 35.0. The van der Waals surface area contributed by atoms with Crippen molar-refractivity contribution in [3.8, 4) is 12.1 Å². The molecule has 2 atom stereocenters. The van der Waals surface area contributed by atoms with Crippen LogP contribution in [0.5, 0.6) is 6.01 Å². The van der Waals surface area contributed by atoms with E-state index >= 15 is 4.39 Å². The van der Waals surface area contributed by atoms with Crippen LogP contribution in [0.15, 0.2) is 10.5 Å². The third-order valence-corrected chi connectivity index (χ3v) is 10.6. The summed E-state index contributed by atoms with van der Waals surface area (Å²) in [5, 5.41) is 10.1. The van der Waals surface area contributed by atoms with Gasteiger partial charge in [0.15, 0.2) is 5.82 Å². The van der Waals surface area contributed by atoms with Crippen LogP contribution in [0.25, 0.3) is 10.9 Å². The molecule has 0 spiro atoms. The van der Waals surface area contributed by atoms with Gasteiger partial charge in [-0.1, -0.05) is 31.2 Å². The Morgan fingerprint density at radius 1 is 1.16 bits per heavy atom. The molecule has 0 radical (unpaired) electrons. The summed E-state index contributed by atoms with van der Waals surface area (Å²) in [5.41, 5.74) is -0.686. The number of amides is 2. The number of nitrogens with zero attached hydrogens (tertiary/aromatic N) is 6. The largest absolute Gasteiger partial charge is 0.461 e. The molecule has 1 aromatic heterocycles. The fourth-order valence-electron chi connectivity index (χ4n) is 5.28. The summed E-state index contributed by atoms with van der Waals surface area (Å²) in [6, 6.07) is 3.82. The van der Waals surface area contributed by atoms with Gasteiger partial charge >= 0.3 is 18.2 Å². The van der Waals surface area contributed by atoms with Crippen LogP contribution < -0.4 is 9.64 Å². The minimum Gasteiger partial charge on any atom is -0.461 e. The van der Waals surface area contributed by atoms with E-state index < -0.39 is 31.6 Å². The minimum absolute atomic E-state index is 0.00622. The molecule has 0 unspecified atom stereocenters. The van der Waals surface area contributed by atoms with Gasteiger partial charge < -0.3 is 28.9 Å². The van der Waals surface area contributed by atoms with Crippen LogP contribution in [0, 0.1) is 17.1 Å². The van der Waals surface area contributed by atoms with Crippen molar-refractivity contribution in [3.63, 3.8) is 0 Å². The molecule has 15 heteroatoms. The summed E-state index contributed by atoms with van der Waals surface area (Å²) in [6.07, 6.45) is 0.728. The summed E-state index contributed by atoms with van der Waals surface area (Å²) >= 11 is 9.55. The summed E-state index contributed by atoms with van der Waals surface area (Å²) in [4.78, 5) is 39.9. The van der Waals surface area contributed by atoms with Gasteiger partial charge in [-0.3, -0.25) is 0 Å². The second kappa shape index (κ2) is 14.3. The van der Waals surface area contributed by atoms with E-state index in [9.17, 15) is 14.9 Å². The van der Waals surface area contributed by atoms with Gasteiger partial charge in [-0.15, -0.1) is 0 Å². The average Bonchev–Trinajstić information content (AvgIpc) is 3.42. The molecule has 2 amide bonds. The van der Waals surface area contributed by atoms with Gasteiger partial charge in [-0.2, -0.15) is 15.2 Å². The predicted octanol–water partition coefficient (Wildman–Crippen LogP) is 6.84. The van der Waals surface area contributed by atoms with E-state index in [1.165, 1.54) is 0 Å². The van der Waals surface area contributed by atoms with Crippen LogP contribution in [0.1, 0.15) is 40.0 Å². The van der Waals surface area contributed by atoms with E-state index in [0.29, 0.717) is 30.9 Å². The Bertz CT molecular complexity index is 1470. The first-order chi connectivity index (χ1) is 21.1. The summed E-state index contributed by atoms with van der Waals surface area (Å²) in [6.45, 7) is 13.9. The molecule has 2 aliphatic rings. The Morgan fingerprint density at radius 3 is 2.53 bits per heavy atom. The standard InChI is InChI=1S/C30H41BrClFN6O5Si/c1-30(2,3)44-29(41)39-13-12-37(17-19(39)9-10-34)26-21-16-22(32)23(31)24(33)25(21)35-27(36-26)43-18-20-8-7-11-38(20)28(40)42-14-15-45(4,5)6/h16,19-20H,7-9,11-15,17-18H2,1-6H3/t19-,20-/m0/s1. The lowest BCUT2D eigenvalue weighted by Gasteiger charge is -2.41. The molecule has 0 aliphatic carbocycles. The highest BCUT2D eigenvalue weighted by atomic mass is 79.9. The Balaban J connectivity index is 1.58. The second-order valence-corrected chi connectivity index (χ2v) is 20.4. The first-order valence-corrected chi connectivity index (χ1v) is 20.0. The van der Waals surface area contributed by atoms with Gasteiger partial charge in [0, 0.05) is 39.6 Å². The zero-order valence-electron chi connectivity index (χ0n) is 26.7. The predicted molar refractivity (Wildman–Crippen MR) is 176 cm³/mol. The Hall–Kier alpha value is -2.89. The summed E-state index contributed by atoms with van der Waals surface area (Å²) in [5.74, 6) is -0.301. The number of ether oxygens (including phenoxy) is 3. The van der Waals surface area contributed by atoms with E-state index in [-0.39, 0.29) is 59.3 Å². The number of likely N-dealkylation sites (tertiary alicyclic amines) is 1. The molecule has 246 valence electrons. The number of rotatable bonds is 8. The fraction of sp³-hybridized carbons (Fsp3) is 0.633. The molecule has 1 aromatic carbocycles.